The van der Waals surface area contributed by atoms with Gasteiger partial charge in [0.1, 0.15) is 0 Å². The van der Waals surface area contributed by atoms with Crippen LogP contribution in [0.25, 0.3) is 10.9 Å². The summed E-state index contributed by atoms with van der Waals surface area (Å²) in [6.07, 6.45) is 0. The molecule has 0 unspecified atom stereocenters. The summed E-state index contributed by atoms with van der Waals surface area (Å²) < 4.78 is 1.95. The molecule has 1 N–H and O–H groups in total. The van der Waals surface area contributed by atoms with E-state index in [0.717, 1.165) is 36.2 Å². The van der Waals surface area contributed by atoms with Gasteiger partial charge in [-0.25, -0.2) is 0 Å². The monoisotopic (exact) mass is 315 g/mol. The second-order valence-electron chi connectivity index (χ2n) is 5.65. The highest BCUT2D eigenvalue weighted by atomic mass is 16.2. The van der Waals surface area contributed by atoms with E-state index in [1.54, 1.807) is 0 Å². The van der Waals surface area contributed by atoms with Crippen molar-refractivity contribution in [3.8, 4) is 0 Å². The quantitative estimate of drug-likeness (QED) is 0.629. The molecule has 0 fully saturated rings. The maximum Gasteiger partial charge on any atom is 0.292 e. The molecule has 0 aliphatic rings. The van der Waals surface area contributed by atoms with Crippen molar-refractivity contribution in [1.82, 2.24) is 14.8 Å². The van der Waals surface area contributed by atoms with Crippen LogP contribution in [0.5, 0.6) is 0 Å². The molecule has 5 heteroatoms. The van der Waals surface area contributed by atoms with Gasteiger partial charge in [-0.3, -0.25) is 9.59 Å². The smallest absolute Gasteiger partial charge is 0.292 e. The Kier molecular flexibility index (Phi) is 5.55. The van der Waals surface area contributed by atoms with E-state index >= 15 is 0 Å². The lowest BCUT2D eigenvalue weighted by atomic mass is 10.1. The highest BCUT2D eigenvalue weighted by Gasteiger charge is 2.23. The van der Waals surface area contributed by atoms with E-state index in [4.69, 9.17) is 0 Å². The molecule has 0 atom stereocenters. The van der Waals surface area contributed by atoms with Crippen LogP contribution in [0.3, 0.4) is 0 Å². The van der Waals surface area contributed by atoms with Crippen LogP contribution in [0.15, 0.2) is 24.3 Å². The number of hydrogen-bond acceptors (Lipinski definition) is 3. The van der Waals surface area contributed by atoms with Gasteiger partial charge in [-0.1, -0.05) is 32.0 Å². The number of rotatable bonds is 7. The number of nitrogens with one attached hydrogen (secondary N) is 1. The zero-order valence-corrected chi connectivity index (χ0v) is 14.3. The Hall–Kier alpha value is -2.14. The summed E-state index contributed by atoms with van der Waals surface area (Å²) in [4.78, 5) is 27.0. The van der Waals surface area contributed by atoms with Gasteiger partial charge in [-0.05, 0) is 26.1 Å². The maximum absolute atomic E-state index is 12.6. The zero-order valence-electron chi connectivity index (χ0n) is 14.3. The van der Waals surface area contributed by atoms with E-state index in [1.165, 1.54) is 0 Å². The lowest BCUT2D eigenvalue weighted by Gasteiger charge is -2.17. The van der Waals surface area contributed by atoms with E-state index in [-0.39, 0.29) is 0 Å². The van der Waals surface area contributed by atoms with E-state index in [2.05, 4.69) is 24.1 Å². The summed E-state index contributed by atoms with van der Waals surface area (Å²) in [5, 5.41) is 3.57. The van der Waals surface area contributed by atoms with Crippen LogP contribution < -0.4 is 5.32 Å². The lowest BCUT2D eigenvalue weighted by molar-refractivity contribution is -0.117. The molecule has 124 valence electrons. The summed E-state index contributed by atoms with van der Waals surface area (Å²) in [5.74, 6) is -0.990. The van der Waals surface area contributed by atoms with Crippen molar-refractivity contribution < 1.29 is 9.59 Å². The van der Waals surface area contributed by atoms with Gasteiger partial charge < -0.3 is 14.8 Å². The number of Topliss-reactive ketones (excluding diaryl/α,β-unsaturated/α-hetero) is 1. The Labute approximate surface area is 137 Å². The van der Waals surface area contributed by atoms with Crippen molar-refractivity contribution in [1.29, 1.82) is 0 Å². The van der Waals surface area contributed by atoms with E-state index in [0.29, 0.717) is 12.1 Å². The van der Waals surface area contributed by atoms with Gasteiger partial charge in [0, 0.05) is 36.7 Å². The van der Waals surface area contributed by atoms with Crippen LogP contribution >= 0.6 is 0 Å². The minimum Gasteiger partial charge on any atom is -0.348 e. The molecule has 1 heterocycles. The number of benzene rings is 1. The van der Waals surface area contributed by atoms with Gasteiger partial charge in [-0.15, -0.1) is 0 Å². The molecule has 0 saturated carbocycles. The van der Waals surface area contributed by atoms with Crippen molar-refractivity contribution in [3.05, 3.63) is 35.5 Å². The standard InChI is InChI=1S/C18H25N3O2/c1-5-21(6-2)12-11-19-18(23)17(22)16-13(3)20(4)15-10-8-7-9-14(15)16/h7-10H,5-6,11-12H2,1-4H3,(H,19,23). The van der Waals surface area contributed by atoms with Crippen LogP contribution in [-0.4, -0.2) is 47.3 Å². The van der Waals surface area contributed by atoms with Crippen molar-refractivity contribution >= 4 is 22.6 Å². The molecular weight excluding hydrogens is 290 g/mol. The van der Waals surface area contributed by atoms with Gasteiger partial charge in [0.15, 0.2) is 0 Å². The molecule has 0 spiro atoms. The molecule has 1 aromatic heterocycles. The van der Waals surface area contributed by atoms with Crippen LogP contribution in [0.4, 0.5) is 0 Å². The fourth-order valence-electron chi connectivity index (χ4n) is 2.87. The molecule has 2 rings (SSSR count). The Balaban J connectivity index is 2.14. The van der Waals surface area contributed by atoms with Crippen molar-refractivity contribution in [2.75, 3.05) is 26.2 Å². The topological polar surface area (TPSA) is 54.3 Å². The minimum atomic E-state index is -0.531. The van der Waals surface area contributed by atoms with Crippen molar-refractivity contribution in [2.24, 2.45) is 7.05 Å². The Morgan fingerprint density at radius 2 is 1.83 bits per heavy atom. The van der Waals surface area contributed by atoms with E-state index in [1.807, 2.05) is 42.8 Å². The summed E-state index contributed by atoms with van der Waals surface area (Å²) in [6.45, 7) is 9.13. The first-order chi connectivity index (χ1) is 11.0. The highest BCUT2D eigenvalue weighted by molar-refractivity contribution is 6.45. The van der Waals surface area contributed by atoms with E-state index in [9.17, 15) is 9.59 Å². The molecule has 0 bridgehead atoms. The van der Waals surface area contributed by atoms with Crippen molar-refractivity contribution in [2.45, 2.75) is 20.8 Å². The number of nitrogens with zero attached hydrogens (tertiary/aromatic N) is 2. The van der Waals surface area contributed by atoms with Gasteiger partial charge in [0.05, 0.1) is 5.56 Å². The fourth-order valence-corrected chi connectivity index (χ4v) is 2.87. The van der Waals surface area contributed by atoms with Gasteiger partial charge in [0.2, 0.25) is 0 Å². The number of amides is 1. The second-order valence-corrected chi connectivity index (χ2v) is 5.65. The Morgan fingerprint density at radius 1 is 1.17 bits per heavy atom. The van der Waals surface area contributed by atoms with Crippen LogP contribution in [0.2, 0.25) is 0 Å². The van der Waals surface area contributed by atoms with Crippen LogP contribution in [-0.2, 0) is 11.8 Å². The third-order valence-corrected chi connectivity index (χ3v) is 4.44. The third-order valence-electron chi connectivity index (χ3n) is 4.44. The second kappa shape index (κ2) is 7.42. The van der Waals surface area contributed by atoms with Crippen molar-refractivity contribution in [3.63, 3.8) is 0 Å². The predicted octanol–water partition coefficient (Wildman–Crippen LogP) is 2.13. The number of aryl methyl sites for hydroxylation is 1. The highest BCUT2D eigenvalue weighted by Crippen LogP contribution is 2.25. The zero-order chi connectivity index (χ0) is 17.0. The fraction of sp³-hybridized carbons (Fsp3) is 0.444. The molecule has 2 aromatic rings. The Morgan fingerprint density at radius 3 is 2.48 bits per heavy atom. The largest absolute Gasteiger partial charge is 0.348 e. The average Bonchev–Trinajstić information content (AvgIpc) is 2.82. The minimum absolute atomic E-state index is 0.459. The number of ketones is 1. The number of hydrogen-bond donors (Lipinski definition) is 1. The third kappa shape index (κ3) is 3.45. The maximum atomic E-state index is 12.6. The molecule has 0 saturated heterocycles. The molecule has 1 amide bonds. The number of aromatic nitrogens is 1. The summed E-state index contributed by atoms with van der Waals surface area (Å²) in [6, 6.07) is 7.66. The average molecular weight is 315 g/mol. The lowest BCUT2D eigenvalue weighted by Crippen LogP contribution is -2.38. The van der Waals surface area contributed by atoms with Gasteiger partial charge in [0.25, 0.3) is 11.7 Å². The molecule has 0 aliphatic carbocycles. The number of fused-ring (bicyclic) bond motifs is 1. The number of carbonyl (C=O) groups is 2. The molecule has 23 heavy (non-hydrogen) atoms. The predicted molar refractivity (Wildman–Crippen MR) is 92.8 cm³/mol. The normalized spacial score (nSPS) is 11.2. The summed E-state index contributed by atoms with van der Waals surface area (Å²) in [5.41, 5.74) is 2.28. The number of para-hydroxylation sites is 1. The van der Waals surface area contributed by atoms with Crippen LogP contribution in [0, 0.1) is 6.92 Å². The SMILES string of the molecule is CCN(CC)CCNC(=O)C(=O)c1c(C)n(C)c2ccccc12. The Bertz CT molecular complexity index is 714. The number of carbonyl (C=O) groups excluding carboxylic acids is 2. The van der Waals surface area contributed by atoms with E-state index < -0.39 is 11.7 Å². The summed E-state index contributed by atoms with van der Waals surface area (Å²) >= 11 is 0. The molecular formula is C18H25N3O2. The number of likely N-dealkylation sites (N-methyl/N-ethyl adjacent to an activating group) is 1. The van der Waals surface area contributed by atoms with Crippen LogP contribution in [0.1, 0.15) is 29.9 Å². The first-order valence-corrected chi connectivity index (χ1v) is 8.10. The first-order valence-electron chi connectivity index (χ1n) is 8.10. The molecule has 0 aliphatic heterocycles. The molecule has 1 aromatic carbocycles. The summed E-state index contributed by atoms with van der Waals surface area (Å²) in [7, 11) is 1.91. The molecule has 0 radical (unpaired) electrons. The molecule has 5 nitrogen and oxygen atoms in total. The first kappa shape index (κ1) is 17.2. The van der Waals surface area contributed by atoms with Gasteiger partial charge >= 0.3 is 0 Å². The van der Waals surface area contributed by atoms with Gasteiger partial charge in [-0.2, -0.15) is 0 Å².